The third kappa shape index (κ3) is 8.79. The molecule has 0 aromatic heterocycles. The molecule has 1 aliphatic carbocycles. The van der Waals surface area contributed by atoms with Crippen LogP contribution >= 0.6 is 0 Å². The first kappa shape index (κ1) is 24.0. The third-order valence-electron chi connectivity index (χ3n) is 4.84. The summed E-state index contributed by atoms with van der Waals surface area (Å²) in [6.07, 6.45) is 7.75. The van der Waals surface area contributed by atoms with Gasteiger partial charge in [0.25, 0.3) is 0 Å². The molecule has 0 amide bonds. The maximum absolute atomic E-state index is 5.26. The zero-order chi connectivity index (χ0) is 20.6. The molecule has 1 aliphatic rings. The molecule has 3 heteroatoms. The minimum Gasteiger partial charge on any atom is -0.497 e. The third-order valence-corrected chi connectivity index (χ3v) is 4.84. The highest BCUT2D eigenvalue weighted by Crippen LogP contribution is 2.33. The molecule has 2 aromatic carbocycles. The Kier molecular flexibility index (Phi) is 12.9. The highest BCUT2D eigenvalue weighted by atomic mass is 16.5. The van der Waals surface area contributed by atoms with E-state index in [1.54, 1.807) is 21.3 Å². The Morgan fingerprint density at radius 2 is 1.54 bits per heavy atom. The Labute approximate surface area is 172 Å². The van der Waals surface area contributed by atoms with E-state index in [4.69, 9.17) is 14.2 Å². The Balaban J connectivity index is 0.000000253. The number of hydrogen-bond acceptors (Lipinski definition) is 3. The monoisotopic (exact) mass is 386 g/mol. The van der Waals surface area contributed by atoms with Gasteiger partial charge in [-0.2, -0.15) is 0 Å². The summed E-state index contributed by atoms with van der Waals surface area (Å²) in [5, 5.41) is 0. The van der Waals surface area contributed by atoms with Crippen LogP contribution in [0.3, 0.4) is 0 Å². The summed E-state index contributed by atoms with van der Waals surface area (Å²) in [7, 11) is 5.16. The number of methoxy groups -OCH3 is 3. The Hall–Kier alpha value is -2.00. The standard InChI is InChI=1S/C13H18O2.C7H8O.C5H12/c1-14-9-11-5-3-4-10-8-12(15-2)6-7-13(10)11;1-8-7-5-3-2-4-6-7;1-3-5-4-2/h6-8,11H,3-5,9H2,1-2H3;2-6H,1H3;3-5H2,1-2H3. The Morgan fingerprint density at radius 3 is 2.04 bits per heavy atom. The molecule has 28 heavy (non-hydrogen) atoms. The second-order valence-corrected chi connectivity index (χ2v) is 6.98. The van der Waals surface area contributed by atoms with Crippen LogP contribution in [0.2, 0.25) is 0 Å². The van der Waals surface area contributed by atoms with Gasteiger partial charge in [0, 0.05) is 13.0 Å². The van der Waals surface area contributed by atoms with Crippen molar-refractivity contribution >= 4 is 0 Å². The van der Waals surface area contributed by atoms with E-state index in [-0.39, 0.29) is 0 Å². The average molecular weight is 387 g/mol. The Morgan fingerprint density at radius 1 is 0.857 bits per heavy atom. The minimum atomic E-state index is 0.574. The first-order valence-electron chi connectivity index (χ1n) is 10.4. The summed E-state index contributed by atoms with van der Waals surface area (Å²) in [5.41, 5.74) is 2.88. The van der Waals surface area contributed by atoms with Crippen LogP contribution < -0.4 is 9.47 Å². The van der Waals surface area contributed by atoms with Gasteiger partial charge in [0.15, 0.2) is 0 Å². The predicted octanol–water partition coefficient (Wildman–Crippen LogP) is 6.65. The fourth-order valence-corrected chi connectivity index (χ4v) is 3.30. The molecule has 3 rings (SSSR count). The quantitative estimate of drug-likeness (QED) is 0.556. The van der Waals surface area contributed by atoms with Crippen LogP contribution in [-0.2, 0) is 11.2 Å². The normalized spacial score (nSPS) is 14.5. The van der Waals surface area contributed by atoms with E-state index in [1.165, 1.54) is 49.7 Å². The molecule has 1 atom stereocenters. The van der Waals surface area contributed by atoms with Gasteiger partial charge < -0.3 is 14.2 Å². The lowest BCUT2D eigenvalue weighted by atomic mass is 9.83. The fraction of sp³-hybridized carbons (Fsp3) is 0.520. The molecule has 0 radical (unpaired) electrons. The molecule has 156 valence electrons. The van der Waals surface area contributed by atoms with Gasteiger partial charge in [0.05, 0.1) is 20.8 Å². The summed E-state index contributed by atoms with van der Waals surface area (Å²) in [5.74, 6) is 2.45. The number of ether oxygens (including phenoxy) is 3. The van der Waals surface area contributed by atoms with Crippen molar-refractivity contribution in [3.05, 3.63) is 59.7 Å². The van der Waals surface area contributed by atoms with Crippen LogP contribution in [0.4, 0.5) is 0 Å². The van der Waals surface area contributed by atoms with Crippen molar-refractivity contribution in [2.45, 2.75) is 58.3 Å². The summed E-state index contributed by atoms with van der Waals surface area (Å²) < 4.78 is 15.4. The smallest absolute Gasteiger partial charge is 0.119 e. The molecule has 1 unspecified atom stereocenters. The summed E-state index contributed by atoms with van der Waals surface area (Å²) in [6, 6.07) is 16.1. The van der Waals surface area contributed by atoms with Crippen LogP contribution in [0.5, 0.6) is 11.5 Å². The zero-order valence-corrected chi connectivity index (χ0v) is 18.4. The van der Waals surface area contributed by atoms with Crippen molar-refractivity contribution in [1.29, 1.82) is 0 Å². The van der Waals surface area contributed by atoms with E-state index in [1.807, 2.05) is 36.4 Å². The second-order valence-electron chi connectivity index (χ2n) is 6.98. The minimum absolute atomic E-state index is 0.574. The van der Waals surface area contributed by atoms with Crippen LogP contribution in [-0.4, -0.2) is 27.9 Å². The van der Waals surface area contributed by atoms with Crippen molar-refractivity contribution in [1.82, 2.24) is 0 Å². The summed E-state index contributed by atoms with van der Waals surface area (Å²) in [6.45, 7) is 5.26. The number of unbranched alkanes of at least 4 members (excludes halogenated alkanes) is 2. The van der Waals surface area contributed by atoms with Crippen LogP contribution in [0.25, 0.3) is 0 Å². The number of benzene rings is 2. The molecule has 2 aromatic rings. The maximum Gasteiger partial charge on any atom is 0.119 e. The topological polar surface area (TPSA) is 27.7 Å². The maximum atomic E-state index is 5.26. The highest BCUT2D eigenvalue weighted by molar-refractivity contribution is 5.39. The number of aryl methyl sites for hydroxylation is 1. The molecule has 0 fully saturated rings. The lowest BCUT2D eigenvalue weighted by molar-refractivity contribution is 0.172. The van der Waals surface area contributed by atoms with Crippen molar-refractivity contribution in [2.24, 2.45) is 0 Å². The SMILES string of the molecule is CCCCC.COCC1CCCc2cc(OC)ccc21.COc1ccccc1. The molecule has 0 saturated heterocycles. The van der Waals surface area contributed by atoms with E-state index in [2.05, 4.69) is 26.0 Å². The molecular formula is C25H38O3. The highest BCUT2D eigenvalue weighted by Gasteiger charge is 2.20. The van der Waals surface area contributed by atoms with Gasteiger partial charge in [0.2, 0.25) is 0 Å². The number of hydrogen-bond donors (Lipinski definition) is 0. The predicted molar refractivity (Wildman–Crippen MR) is 119 cm³/mol. The lowest BCUT2D eigenvalue weighted by Crippen LogP contribution is -2.14. The first-order chi connectivity index (χ1) is 13.7. The fourth-order valence-electron chi connectivity index (χ4n) is 3.30. The van der Waals surface area contributed by atoms with Crippen molar-refractivity contribution < 1.29 is 14.2 Å². The van der Waals surface area contributed by atoms with Gasteiger partial charge in [-0.05, 0) is 54.7 Å². The van der Waals surface area contributed by atoms with Gasteiger partial charge in [-0.15, -0.1) is 0 Å². The van der Waals surface area contributed by atoms with Gasteiger partial charge in [-0.1, -0.05) is 57.4 Å². The van der Waals surface area contributed by atoms with Crippen molar-refractivity contribution in [3.8, 4) is 11.5 Å². The average Bonchev–Trinajstić information content (AvgIpc) is 2.76. The van der Waals surface area contributed by atoms with Crippen LogP contribution in [0, 0.1) is 0 Å². The number of fused-ring (bicyclic) bond motifs is 1. The van der Waals surface area contributed by atoms with Crippen molar-refractivity contribution in [3.63, 3.8) is 0 Å². The summed E-state index contributed by atoms with van der Waals surface area (Å²) >= 11 is 0. The van der Waals surface area contributed by atoms with E-state index in [0.29, 0.717) is 5.92 Å². The van der Waals surface area contributed by atoms with Gasteiger partial charge in [-0.3, -0.25) is 0 Å². The number of rotatable bonds is 6. The van der Waals surface area contributed by atoms with Crippen LogP contribution in [0.1, 0.15) is 63.0 Å². The van der Waals surface area contributed by atoms with Gasteiger partial charge in [-0.25, -0.2) is 0 Å². The van der Waals surface area contributed by atoms with Gasteiger partial charge in [0.1, 0.15) is 11.5 Å². The van der Waals surface area contributed by atoms with Crippen molar-refractivity contribution in [2.75, 3.05) is 27.9 Å². The van der Waals surface area contributed by atoms with Crippen LogP contribution in [0.15, 0.2) is 48.5 Å². The first-order valence-corrected chi connectivity index (χ1v) is 10.4. The zero-order valence-electron chi connectivity index (χ0n) is 18.4. The lowest BCUT2D eigenvalue weighted by Gasteiger charge is -2.25. The largest absolute Gasteiger partial charge is 0.497 e. The Bertz CT molecular complexity index is 623. The molecule has 0 bridgehead atoms. The second kappa shape index (κ2) is 15.0. The van der Waals surface area contributed by atoms with Gasteiger partial charge >= 0.3 is 0 Å². The van der Waals surface area contributed by atoms with E-state index >= 15 is 0 Å². The molecule has 0 aliphatic heterocycles. The molecule has 0 heterocycles. The van der Waals surface area contributed by atoms with E-state index in [9.17, 15) is 0 Å². The molecular weight excluding hydrogens is 348 g/mol. The molecule has 0 spiro atoms. The molecule has 3 nitrogen and oxygen atoms in total. The number of para-hydroxylation sites is 1. The summed E-state index contributed by atoms with van der Waals surface area (Å²) in [4.78, 5) is 0. The van der Waals surface area contributed by atoms with E-state index < -0.39 is 0 Å². The van der Waals surface area contributed by atoms with E-state index in [0.717, 1.165) is 18.1 Å². The molecule has 0 saturated carbocycles. The molecule has 0 N–H and O–H groups in total.